The number of aryl methyl sites for hydroxylation is 1. The van der Waals surface area contributed by atoms with E-state index in [1.165, 1.54) is 4.31 Å². The Bertz CT molecular complexity index is 549. The normalized spacial score (nSPS) is 23.0. The van der Waals surface area contributed by atoms with Gasteiger partial charge in [0.15, 0.2) is 0 Å². The van der Waals surface area contributed by atoms with Crippen LogP contribution >= 0.6 is 0 Å². The smallest absolute Gasteiger partial charge is 0.214 e. The summed E-state index contributed by atoms with van der Waals surface area (Å²) in [5.74, 6) is 0.691. The average molecular weight is 281 g/mol. The second-order valence-corrected chi connectivity index (χ2v) is 7.79. The van der Waals surface area contributed by atoms with Gasteiger partial charge in [-0.3, -0.25) is 4.98 Å². The minimum absolute atomic E-state index is 0.151. The molecule has 3 rings (SSSR count). The van der Waals surface area contributed by atoms with Crippen LogP contribution < -0.4 is 5.73 Å². The lowest BCUT2D eigenvalue weighted by atomic mass is 9.88. The van der Waals surface area contributed by atoms with Crippen molar-refractivity contribution >= 4 is 10.0 Å². The van der Waals surface area contributed by atoms with Gasteiger partial charge in [0.1, 0.15) is 0 Å². The first-order valence-electron chi connectivity index (χ1n) is 6.65. The van der Waals surface area contributed by atoms with Gasteiger partial charge in [0.25, 0.3) is 0 Å². The number of rotatable bonds is 5. The summed E-state index contributed by atoms with van der Waals surface area (Å²) in [6.45, 7) is 0.993. The van der Waals surface area contributed by atoms with Gasteiger partial charge in [-0.25, -0.2) is 8.42 Å². The van der Waals surface area contributed by atoms with Gasteiger partial charge in [0, 0.05) is 31.0 Å². The van der Waals surface area contributed by atoms with Crippen molar-refractivity contribution in [2.75, 3.05) is 18.8 Å². The van der Waals surface area contributed by atoms with Crippen LogP contribution in [0.2, 0.25) is 0 Å². The van der Waals surface area contributed by atoms with E-state index >= 15 is 0 Å². The molecule has 5 nitrogen and oxygen atoms in total. The summed E-state index contributed by atoms with van der Waals surface area (Å²) in [6.07, 6.45) is 6.21. The molecule has 0 spiro atoms. The molecule has 0 bridgehead atoms. The van der Waals surface area contributed by atoms with Crippen LogP contribution in [-0.2, 0) is 16.4 Å². The summed E-state index contributed by atoms with van der Waals surface area (Å²) < 4.78 is 25.9. The number of nitrogens with two attached hydrogens (primary N) is 1. The lowest BCUT2D eigenvalue weighted by Gasteiger charge is -2.47. The summed E-state index contributed by atoms with van der Waals surface area (Å²) in [4.78, 5) is 3.92. The van der Waals surface area contributed by atoms with E-state index < -0.39 is 10.0 Å². The van der Waals surface area contributed by atoms with E-state index in [0.29, 0.717) is 25.4 Å². The van der Waals surface area contributed by atoms with Crippen LogP contribution in [0, 0.1) is 5.92 Å². The number of nitrogens with zero attached hydrogens (tertiary/aromatic N) is 2. The third-order valence-corrected chi connectivity index (χ3v) is 5.89. The molecule has 104 valence electrons. The number of hydrogen-bond donors (Lipinski definition) is 1. The van der Waals surface area contributed by atoms with Crippen LogP contribution in [0.3, 0.4) is 0 Å². The molecule has 6 heteroatoms. The Labute approximate surface area is 113 Å². The molecule has 0 amide bonds. The Balaban J connectivity index is 1.56. The van der Waals surface area contributed by atoms with Crippen LogP contribution in [0.5, 0.6) is 0 Å². The maximum Gasteiger partial charge on any atom is 0.214 e. The van der Waals surface area contributed by atoms with Gasteiger partial charge in [0.2, 0.25) is 10.0 Å². The quantitative estimate of drug-likeness (QED) is 0.846. The molecule has 1 aliphatic heterocycles. The third-order valence-electron chi connectivity index (χ3n) is 4.12. The Kier molecular flexibility index (Phi) is 3.11. The van der Waals surface area contributed by atoms with Gasteiger partial charge in [-0.05, 0) is 42.9 Å². The van der Waals surface area contributed by atoms with Crippen molar-refractivity contribution in [2.24, 2.45) is 11.7 Å². The van der Waals surface area contributed by atoms with Crippen molar-refractivity contribution in [2.45, 2.75) is 24.8 Å². The molecular weight excluding hydrogens is 262 g/mol. The average Bonchev–Trinajstić information content (AvgIpc) is 3.18. The lowest BCUT2D eigenvalue weighted by Crippen LogP contribution is -2.70. The maximum absolute atomic E-state index is 12.2. The van der Waals surface area contributed by atoms with Crippen molar-refractivity contribution in [3.63, 3.8) is 0 Å². The molecule has 0 atom stereocenters. The minimum Gasteiger partial charge on any atom is -0.323 e. The molecule has 1 aliphatic carbocycles. The molecule has 0 unspecified atom stereocenters. The number of aromatic nitrogens is 1. The highest BCUT2D eigenvalue weighted by Gasteiger charge is 2.53. The van der Waals surface area contributed by atoms with Crippen LogP contribution in [0.4, 0.5) is 0 Å². The topological polar surface area (TPSA) is 76.3 Å². The number of pyridine rings is 1. The van der Waals surface area contributed by atoms with E-state index in [0.717, 1.165) is 18.4 Å². The number of hydrogen-bond acceptors (Lipinski definition) is 4. The van der Waals surface area contributed by atoms with Gasteiger partial charge < -0.3 is 5.73 Å². The second-order valence-electron chi connectivity index (χ2n) is 5.70. The second kappa shape index (κ2) is 4.54. The largest absolute Gasteiger partial charge is 0.323 e. The summed E-state index contributed by atoms with van der Waals surface area (Å²) in [7, 11) is -3.17. The SMILES string of the molecule is NC1(C2CC2)CN(S(=O)(=O)CCc2ccncc2)C1. The van der Waals surface area contributed by atoms with Crippen LogP contribution in [0.1, 0.15) is 18.4 Å². The zero-order chi connectivity index (χ0) is 13.5. The van der Waals surface area contributed by atoms with Gasteiger partial charge in [0.05, 0.1) is 5.75 Å². The summed E-state index contributed by atoms with van der Waals surface area (Å²) >= 11 is 0. The van der Waals surface area contributed by atoms with Crippen molar-refractivity contribution in [1.29, 1.82) is 0 Å². The van der Waals surface area contributed by atoms with Gasteiger partial charge in [-0.15, -0.1) is 0 Å². The molecule has 1 aromatic heterocycles. The van der Waals surface area contributed by atoms with E-state index in [4.69, 9.17) is 5.73 Å². The maximum atomic E-state index is 12.2. The molecule has 0 aromatic carbocycles. The van der Waals surface area contributed by atoms with Crippen LogP contribution in [-0.4, -0.2) is 42.1 Å². The molecule has 1 aromatic rings. The van der Waals surface area contributed by atoms with Crippen molar-refractivity contribution in [3.8, 4) is 0 Å². The fourth-order valence-corrected chi connectivity index (χ4v) is 4.27. The van der Waals surface area contributed by atoms with Crippen LogP contribution in [0.25, 0.3) is 0 Å². The Hall–Kier alpha value is -0.980. The predicted octanol–water partition coefficient (Wildman–Crippen LogP) is 0.377. The first kappa shape index (κ1) is 13.0. The summed E-state index contributed by atoms with van der Waals surface area (Å²) in [5, 5.41) is 0. The van der Waals surface area contributed by atoms with Gasteiger partial charge >= 0.3 is 0 Å². The fraction of sp³-hybridized carbons (Fsp3) is 0.615. The minimum atomic E-state index is -3.17. The molecule has 1 saturated heterocycles. The van der Waals surface area contributed by atoms with E-state index in [1.54, 1.807) is 12.4 Å². The molecule has 2 N–H and O–H groups in total. The lowest BCUT2D eigenvalue weighted by molar-refractivity contribution is 0.135. The molecule has 19 heavy (non-hydrogen) atoms. The summed E-state index contributed by atoms with van der Waals surface area (Å²) in [6, 6.07) is 3.70. The molecule has 2 aliphatic rings. The van der Waals surface area contributed by atoms with Crippen molar-refractivity contribution in [3.05, 3.63) is 30.1 Å². The van der Waals surface area contributed by atoms with Crippen molar-refractivity contribution < 1.29 is 8.42 Å². The third kappa shape index (κ3) is 2.66. The predicted molar refractivity (Wildman–Crippen MR) is 72.9 cm³/mol. The van der Waals surface area contributed by atoms with E-state index in [1.807, 2.05) is 12.1 Å². The molecular formula is C13H19N3O2S. The van der Waals surface area contributed by atoms with Crippen LogP contribution in [0.15, 0.2) is 24.5 Å². The first-order chi connectivity index (χ1) is 9.00. The number of sulfonamides is 1. The van der Waals surface area contributed by atoms with E-state index in [9.17, 15) is 8.42 Å². The molecule has 1 saturated carbocycles. The first-order valence-corrected chi connectivity index (χ1v) is 8.26. The highest BCUT2D eigenvalue weighted by molar-refractivity contribution is 7.89. The summed E-state index contributed by atoms with van der Waals surface area (Å²) in [5.41, 5.74) is 6.94. The Morgan fingerprint density at radius 2 is 1.95 bits per heavy atom. The fourth-order valence-electron chi connectivity index (χ4n) is 2.65. The van der Waals surface area contributed by atoms with Gasteiger partial charge in [-0.2, -0.15) is 4.31 Å². The molecule has 0 radical (unpaired) electrons. The van der Waals surface area contributed by atoms with Gasteiger partial charge in [-0.1, -0.05) is 0 Å². The zero-order valence-corrected chi connectivity index (χ0v) is 11.6. The van der Waals surface area contributed by atoms with Crippen molar-refractivity contribution in [1.82, 2.24) is 9.29 Å². The monoisotopic (exact) mass is 281 g/mol. The standard InChI is InChI=1S/C13H19N3O2S/c14-13(12-1-2-12)9-16(10-13)19(17,18)8-5-11-3-6-15-7-4-11/h3-4,6-7,12H,1-2,5,8-10,14H2. The molecule has 2 heterocycles. The highest BCUT2D eigenvalue weighted by Crippen LogP contribution is 2.43. The van der Waals surface area contributed by atoms with E-state index in [-0.39, 0.29) is 11.3 Å². The Morgan fingerprint density at radius 3 is 2.53 bits per heavy atom. The Morgan fingerprint density at radius 1 is 1.32 bits per heavy atom. The molecule has 2 fully saturated rings. The van der Waals surface area contributed by atoms with E-state index in [2.05, 4.69) is 4.98 Å². The zero-order valence-electron chi connectivity index (χ0n) is 10.8. The highest BCUT2D eigenvalue weighted by atomic mass is 32.2.